The number of rotatable bonds is 4. The van der Waals surface area contributed by atoms with E-state index in [0.717, 1.165) is 49.9 Å². The minimum absolute atomic E-state index is 0.0376. The molecule has 4 rings (SSSR count). The molecule has 0 bridgehead atoms. The summed E-state index contributed by atoms with van der Waals surface area (Å²) < 4.78 is 0. The molecule has 28 heavy (non-hydrogen) atoms. The SMILES string of the molecule is CCc1ccc(NC(=O)N2CCN(c3cc(N4CCCC4)ncn3)CC2)cc1. The average Bonchev–Trinajstić information content (AvgIpc) is 3.29. The van der Waals surface area contributed by atoms with Crippen molar-refractivity contribution >= 4 is 23.4 Å². The van der Waals surface area contributed by atoms with Crippen molar-refractivity contribution in [1.82, 2.24) is 14.9 Å². The number of aromatic nitrogens is 2. The molecule has 2 aromatic rings. The lowest BCUT2D eigenvalue weighted by Crippen LogP contribution is -2.50. The van der Waals surface area contributed by atoms with Gasteiger partial charge in [0.1, 0.15) is 18.0 Å². The summed E-state index contributed by atoms with van der Waals surface area (Å²) >= 11 is 0. The number of hydrogen-bond acceptors (Lipinski definition) is 5. The first kappa shape index (κ1) is 18.5. The van der Waals surface area contributed by atoms with Crippen LogP contribution in [0.15, 0.2) is 36.7 Å². The number of aryl methyl sites for hydroxylation is 1. The first-order valence-corrected chi connectivity index (χ1v) is 10.2. The molecule has 0 spiro atoms. The fourth-order valence-corrected chi connectivity index (χ4v) is 3.79. The Labute approximate surface area is 166 Å². The number of nitrogens with zero attached hydrogens (tertiary/aromatic N) is 5. The van der Waals surface area contributed by atoms with E-state index in [1.54, 1.807) is 6.33 Å². The molecule has 2 fully saturated rings. The van der Waals surface area contributed by atoms with Gasteiger partial charge in [-0.05, 0) is 37.0 Å². The summed E-state index contributed by atoms with van der Waals surface area (Å²) in [6.45, 7) is 7.19. The van der Waals surface area contributed by atoms with Gasteiger partial charge >= 0.3 is 6.03 Å². The summed E-state index contributed by atoms with van der Waals surface area (Å²) in [7, 11) is 0. The van der Waals surface area contributed by atoms with Gasteiger partial charge < -0.3 is 20.0 Å². The van der Waals surface area contributed by atoms with Gasteiger partial charge in [0.2, 0.25) is 0 Å². The molecule has 0 aliphatic carbocycles. The molecule has 1 aromatic heterocycles. The number of anilines is 3. The standard InChI is InChI=1S/C21H28N6O/c1-2-17-5-7-18(8-6-17)24-21(28)27-13-11-26(12-14-27)20-15-19(22-16-23-20)25-9-3-4-10-25/h5-8,15-16H,2-4,9-14H2,1H3,(H,24,28). The molecule has 1 N–H and O–H groups in total. The number of benzene rings is 1. The zero-order valence-corrected chi connectivity index (χ0v) is 16.5. The Kier molecular flexibility index (Phi) is 5.60. The van der Waals surface area contributed by atoms with Gasteiger partial charge in [-0.3, -0.25) is 0 Å². The first-order valence-electron chi connectivity index (χ1n) is 10.2. The van der Waals surface area contributed by atoms with Crippen LogP contribution in [0.3, 0.4) is 0 Å². The molecule has 1 aromatic carbocycles. The smallest absolute Gasteiger partial charge is 0.321 e. The summed E-state index contributed by atoms with van der Waals surface area (Å²) in [5, 5.41) is 3.00. The zero-order valence-electron chi connectivity index (χ0n) is 16.5. The van der Waals surface area contributed by atoms with Crippen LogP contribution >= 0.6 is 0 Å². The number of hydrogen-bond donors (Lipinski definition) is 1. The molecule has 7 heteroatoms. The van der Waals surface area contributed by atoms with Crippen LogP contribution in [0.4, 0.5) is 22.1 Å². The van der Waals surface area contributed by atoms with E-state index in [-0.39, 0.29) is 6.03 Å². The molecule has 0 unspecified atom stereocenters. The van der Waals surface area contributed by atoms with Crippen LogP contribution in [0.2, 0.25) is 0 Å². The lowest BCUT2D eigenvalue weighted by atomic mass is 10.1. The van der Waals surface area contributed by atoms with Crippen molar-refractivity contribution < 1.29 is 4.79 Å². The maximum Gasteiger partial charge on any atom is 0.321 e. The highest BCUT2D eigenvalue weighted by atomic mass is 16.2. The van der Waals surface area contributed by atoms with Gasteiger partial charge in [-0.2, -0.15) is 0 Å². The van der Waals surface area contributed by atoms with Crippen LogP contribution in [0, 0.1) is 0 Å². The number of piperazine rings is 1. The van der Waals surface area contributed by atoms with Crippen molar-refractivity contribution in [2.45, 2.75) is 26.2 Å². The minimum Gasteiger partial charge on any atom is -0.356 e. The molecule has 7 nitrogen and oxygen atoms in total. The summed E-state index contributed by atoms with van der Waals surface area (Å²) in [5.74, 6) is 1.96. The van der Waals surface area contributed by atoms with E-state index in [0.29, 0.717) is 13.1 Å². The number of urea groups is 1. The van der Waals surface area contributed by atoms with Crippen molar-refractivity contribution in [3.63, 3.8) is 0 Å². The Morgan fingerprint density at radius 3 is 2.14 bits per heavy atom. The molecule has 148 valence electrons. The van der Waals surface area contributed by atoms with E-state index < -0.39 is 0 Å². The number of carbonyl (C=O) groups is 1. The van der Waals surface area contributed by atoms with Gasteiger partial charge in [-0.15, -0.1) is 0 Å². The normalized spacial score (nSPS) is 17.1. The lowest BCUT2D eigenvalue weighted by Gasteiger charge is -2.35. The molecular weight excluding hydrogens is 352 g/mol. The Bertz CT molecular complexity index is 795. The summed E-state index contributed by atoms with van der Waals surface area (Å²) in [5.41, 5.74) is 2.11. The largest absolute Gasteiger partial charge is 0.356 e. The van der Waals surface area contributed by atoms with Crippen LogP contribution < -0.4 is 15.1 Å². The molecule has 2 amide bonds. The quantitative estimate of drug-likeness (QED) is 0.883. The monoisotopic (exact) mass is 380 g/mol. The third kappa shape index (κ3) is 4.18. The zero-order chi connectivity index (χ0) is 19.3. The van der Waals surface area contributed by atoms with E-state index in [4.69, 9.17) is 0 Å². The van der Waals surface area contributed by atoms with E-state index in [9.17, 15) is 4.79 Å². The third-order valence-electron chi connectivity index (χ3n) is 5.57. The van der Waals surface area contributed by atoms with E-state index in [2.05, 4.69) is 50.2 Å². The number of nitrogens with one attached hydrogen (secondary N) is 1. The molecule has 0 radical (unpaired) electrons. The van der Waals surface area contributed by atoms with Crippen LogP contribution in [0.25, 0.3) is 0 Å². The fourth-order valence-electron chi connectivity index (χ4n) is 3.79. The Balaban J connectivity index is 1.32. The highest BCUT2D eigenvalue weighted by Crippen LogP contribution is 2.22. The van der Waals surface area contributed by atoms with Gasteiger partial charge in [0, 0.05) is 51.0 Å². The third-order valence-corrected chi connectivity index (χ3v) is 5.57. The van der Waals surface area contributed by atoms with E-state index >= 15 is 0 Å². The average molecular weight is 380 g/mol. The first-order chi connectivity index (χ1) is 13.7. The maximum atomic E-state index is 12.6. The molecule has 0 atom stereocenters. The van der Waals surface area contributed by atoms with Crippen LogP contribution in [-0.4, -0.2) is 60.2 Å². The van der Waals surface area contributed by atoms with Crippen LogP contribution in [0.5, 0.6) is 0 Å². The van der Waals surface area contributed by atoms with Gasteiger partial charge in [0.05, 0.1) is 0 Å². The Hall–Kier alpha value is -2.83. The predicted octanol–water partition coefficient (Wildman–Crippen LogP) is 2.99. The molecule has 2 saturated heterocycles. The second-order valence-electron chi connectivity index (χ2n) is 7.38. The molecule has 3 heterocycles. The Morgan fingerprint density at radius 1 is 0.929 bits per heavy atom. The van der Waals surface area contributed by atoms with Crippen molar-refractivity contribution in [1.29, 1.82) is 0 Å². The lowest BCUT2D eigenvalue weighted by molar-refractivity contribution is 0.208. The van der Waals surface area contributed by atoms with Gasteiger partial charge in [0.15, 0.2) is 0 Å². The molecule has 0 saturated carbocycles. The summed E-state index contributed by atoms with van der Waals surface area (Å²) in [6, 6.07) is 10.1. The second kappa shape index (κ2) is 8.46. The summed E-state index contributed by atoms with van der Waals surface area (Å²) in [4.78, 5) is 27.9. The Morgan fingerprint density at radius 2 is 1.54 bits per heavy atom. The second-order valence-corrected chi connectivity index (χ2v) is 7.38. The molecule has 2 aliphatic rings. The van der Waals surface area contributed by atoms with Crippen molar-refractivity contribution in [3.05, 3.63) is 42.2 Å². The highest BCUT2D eigenvalue weighted by molar-refractivity contribution is 5.89. The molecular formula is C21H28N6O. The topological polar surface area (TPSA) is 64.6 Å². The van der Waals surface area contributed by atoms with Gasteiger partial charge in [0.25, 0.3) is 0 Å². The minimum atomic E-state index is -0.0376. The predicted molar refractivity (Wildman–Crippen MR) is 112 cm³/mol. The highest BCUT2D eigenvalue weighted by Gasteiger charge is 2.23. The van der Waals surface area contributed by atoms with E-state index in [1.165, 1.54) is 18.4 Å². The van der Waals surface area contributed by atoms with E-state index in [1.807, 2.05) is 17.0 Å². The van der Waals surface area contributed by atoms with Gasteiger partial charge in [-0.25, -0.2) is 14.8 Å². The van der Waals surface area contributed by atoms with Crippen molar-refractivity contribution in [2.75, 3.05) is 54.4 Å². The fraction of sp³-hybridized carbons (Fsp3) is 0.476. The van der Waals surface area contributed by atoms with Crippen LogP contribution in [-0.2, 0) is 6.42 Å². The molecule has 2 aliphatic heterocycles. The van der Waals surface area contributed by atoms with Crippen LogP contribution in [0.1, 0.15) is 25.3 Å². The van der Waals surface area contributed by atoms with Crippen molar-refractivity contribution in [2.24, 2.45) is 0 Å². The number of amides is 2. The maximum absolute atomic E-state index is 12.6. The van der Waals surface area contributed by atoms with Crippen molar-refractivity contribution in [3.8, 4) is 0 Å². The van der Waals surface area contributed by atoms with Gasteiger partial charge in [-0.1, -0.05) is 19.1 Å². The summed E-state index contributed by atoms with van der Waals surface area (Å²) in [6.07, 6.45) is 5.11. The number of carbonyl (C=O) groups excluding carboxylic acids is 1.